The summed E-state index contributed by atoms with van der Waals surface area (Å²) in [7, 11) is 0. The minimum atomic E-state index is -1.09. The summed E-state index contributed by atoms with van der Waals surface area (Å²) in [6.45, 7) is 1.96. The molecule has 0 amide bonds. The van der Waals surface area contributed by atoms with E-state index in [-0.39, 0.29) is 12.5 Å². The van der Waals surface area contributed by atoms with Crippen molar-refractivity contribution in [2.24, 2.45) is 10.9 Å². The molecule has 0 aromatic rings. The molecule has 0 N–H and O–H groups in total. The van der Waals surface area contributed by atoms with Gasteiger partial charge in [0.05, 0.1) is 18.7 Å². The molecule has 0 aliphatic heterocycles. The minimum absolute atomic E-state index is 0.134. The summed E-state index contributed by atoms with van der Waals surface area (Å²) in [5, 5.41) is 25.0. The third-order valence-electron chi connectivity index (χ3n) is 0.958. The Bertz CT molecular complexity index is 274. The molecule has 0 aliphatic rings. The first-order chi connectivity index (χ1) is 5.79. The molecule has 0 unspecified atom stereocenters. The zero-order valence-corrected chi connectivity index (χ0v) is 6.48. The fourth-order valence-electron chi connectivity index (χ4n) is 0.517. The van der Waals surface area contributed by atoms with E-state index in [0.29, 0.717) is 0 Å². The highest BCUT2D eigenvalue weighted by atomic mass is 16.5. The lowest BCUT2D eigenvalue weighted by Crippen LogP contribution is -2.14. The molecule has 0 aromatic heterocycles. The second-order valence-corrected chi connectivity index (χ2v) is 1.67. The van der Waals surface area contributed by atoms with Crippen LogP contribution in [0.15, 0.2) is 4.99 Å². The zero-order valence-electron chi connectivity index (χ0n) is 6.48. The summed E-state index contributed by atoms with van der Waals surface area (Å²) in [6.07, 6.45) is 1.46. The number of nitriles is 3. The van der Waals surface area contributed by atoms with Gasteiger partial charge in [-0.05, 0) is 6.92 Å². The quantitative estimate of drug-likeness (QED) is 0.337. The van der Waals surface area contributed by atoms with Crippen molar-refractivity contribution in [1.29, 1.82) is 15.8 Å². The highest BCUT2D eigenvalue weighted by Crippen LogP contribution is 1.98. The van der Waals surface area contributed by atoms with Crippen LogP contribution in [0.3, 0.4) is 0 Å². The van der Waals surface area contributed by atoms with Gasteiger partial charge in [0.2, 0.25) is 18.0 Å². The van der Waals surface area contributed by atoms with Gasteiger partial charge in [-0.25, -0.2) is 0 Å². The smallest absolute Gasteiger partial charge is 0.231 e. The van der Waals surface area contributed by atoms with Gasteiger partial charge in [0.1, 0.15) is 0 Å². The molecule has 12 heavy (non-hydrogen) atoms. The van der Waals surface area contributed by atoms with Gasteiger partial charge in [-0.2, -0.15) is 15.8 Å². The van der Waals surface area contributed by atoms with Gasteiger partial charge < -0.3 is 4.74 Å². The monoisotopic (exact) mass is 162 g/mol. The van der Waals surface area contributed by atoms with E-state index in [4.69, 9.17) is 20.5 Å². The maximum atomic E-state index is 8.41. The summed E-state index contributed by atoms with van der Waals surface area (Å²) in [5.74, 6) is -1.23. The summed E-state index contributed by atoms with van der Waals surface area (Å²) < 4.78 is 4.81. The Balaban J connectivity index is 4.56. The Kier molecular flexibility index (Phi) is 4.73. The van der Waals surface area contributed by atoms with Crippen molar-refractivity contribution in [3.05, 3.63) is 0 Å². The van der Waals surface area contributed by atoms with E-state index in [1.54, 1.807) is 19.1 Å². The van der Waals surface area contributed by atoms with E-state index in [0.717, 1.165) is 0 Å². The molecule has 5 heteroatoms. The number of hydrogen-bond donors (Lipinski definition) is 0. The van der Waals surface area contributed by atoms with Crippen LogP contribution in [-0.4, -0.2) is 12.5 Å². The number of aliphatic imine (C=N–C) groups is 1. The number of ether oxygens (including phenoxy) is 1. The van der Waals surface area contributed by atoms with Crippen LogP contribution in [-0.2, 0) is 4.74 Å². The number of nitrogens with zero attached hydrogens (tertiary/aromatic N) is 4. The van der Waals surface area contributed by atoms with Crippen LogP contribution in [0.5, 0.6) is 0 Å². The topological polar surface area (TPSA) is 93.0 Å². The molecule has 60 valence electrons. The van der Waals surface area contributed by atoms with E-state index < -0.39 is 5.92 Å². The molecular formula is C7H6N4O. The molecule has 0 fully saturated rings. The third kappa shape index (κ3) is 2.68. The average molecular weight is 162 g/mol. The fraction of sp³-hybridized carbons (Fsp3) is 0.429. The summed E-state index contributed by atoms with van der Waals surface area (Å²) in [4.78, 5) is 3.21. The molecule has 0 saturated carbocycles. The maximum absolute atomic E-state index is 8.41. The molecule has 0 atom stereocenters. The summed E-state index contributed by atoms with van der Waals surface area (Å²) in [5.41, 5.74) is 0. The Morgan fingerprint density at radius 2 is 2.00 bits per heavy atom. The van der Waals surface area contributed by atoms with Gasteiger partial charge in [-0.1, -0.05) is 0 Å². The highest BCUT2D eigenvalue weighted by molar-refractivity contribution is 5.84. The van der Waals surface area contributed by atoms with Crippen molar-refractivity contribution in [2.45, 2.75) is 6.92 Å². The van der Waals surface area contributed by atoms with Crippen LogP contribution < -0.4 is 0 Å². The molecular weight excluding hydrogens is 156 g/mol. The SMILES string of the molecule is CCOC(=NC#N)C(C#N)C#N. The normalized spacial score (nSPS) is 9.75. The molecule has 0 heterocycles. The molecule has 0 bridgehead atoms. The van der Waals surface area contributed by atoms with Crippen LogP contribution in [0.4, 0.5) is 0 Å². The standard InChI is InChI=1S/C7H6N4O/c1-2-12-7(11-5-10)6(3-8)4-9/h6H,2H2,1H3. The van der Waals surface area contributed by atoms with Gasteiger partial charge in [0, 0.05) is 0 Å². The minimum Gasteiger partial charge on any atom is -0.479 e. The van der Waals surface area contributed by atoms with Crippen molar-refractivity contribution >= 4 is 5.90 Å². The molecule has 0 aromatic carbocycles. The molecule has 5 nitrogen and oxygen atoms in total. The summed E-state index contributed by atoms with van der Waals surface area (Å²) >= 11 is 0. The van der Waals surface area contributed by atoms with Crippen molar-refractivity contribution in [3.8, 4) is 18.3 Å². The van der Waals surface area contributed by atoms with Gasteiger partial charge in [-0.15, -0.1) is 4.99 Å². The van der Waals surface area contributed by atoms with Crippen LogP contribution >= 0.6 is 0 Å². The predicted molar refractivity (Wildman–Crippen MR) is 39.4 cm³/mol. The summed E-state index contributed by atoms with van der Waals surface area (Å²) in [6, 6.07) is 3.31. The Hall–Kier alpha value is -2.06. The Morgan fingerprint density at radius 3 is 2.33 bits per heavy atom. The lowest BCUT2D eigenvalue weighted by Gasteiger charge is -2.03. The van der Waals surface area contributed by atoms with Gasteiger partial charge in [-0.3, -0.25) is 0 Å². The zero-order chi connectivity index (χ0) is 9.40. The first kappa shape index (κ1) is 9.94. The van der Waals surface area contributed by atoms with Gasteiger partial charge in [0.25, 0.3) is 0 Å². The molecule has 0 rings (SSSR count). The van der Waals surface area contributed by atoms with Crippen molar-refractivity contribution in [3.63, 3.8) is 0 Å². The van der Waals surface area contributed by atoms with E-state index >= 15 is 0 Å². The second kappa shape index (κ2) is 5.70. The van der Waals surface area contributed by atoms with E-state index in [1.165, 1.54) is 6.19 Å². The fourth-order valence-corrected chi connectivity index (χ4v) is 0.517. The Morgan fingerprint density at radius 1 is 1.42 bits per heavy atom. The average Bonchev–Trinajstić information content (AvgIpc) is 2.07. The Labute approximate surface area is 70.1 Å². The van der Waals surface area contributed by atoms with E-state index in [2.05, 4.69) is 4.99 Å². The molecule has 0 saturated heterocycles. The van der Waals surface area contributed by atoms with Crippen molar-refractivity contribution < 1.29 is 4.74 Å². The third-order valence-corrected chi connectivity index (χ3v) is 0.958. The van der Waals surface area contributed by atoms with Gasteiger partial charge >= 0.3 is 0 Å². The molecule has 0 spiro atoms. The lowest BCUT2D eigenvalue weighted by atomic mass is 10.2. The van der Waals surface area contributed by atoms with Gasteiger partial charge in [0.15, 0.2) is 0 Å². The molecule has 0 aliphatic carbocycles. The van der Waals surface area contributed by atoms with Crippen LogP contribution in [0.1, 0.15) is 6.92 Å². The molecule has 0 radical (unpaired) electrons. The first-order valence-corrected chi connectivity index (χ1v) is 3.18. The van der Waals surface area contributed by atoms with Crippen molar-refractivity contribution in [2.75, 3.05) is 6.61 Å². The second-order valence-electron chi connectivity index (χ2n) is 1.67. The largest absolute Gasteiger partial charge is 0.479 e. The predicted octanol–water partition coefficient (Wildman–Crippen LogP) is 0.566. The highest BCUT2D eigenvalue weighted by Gasteiger charge is 2.15. The van der Waals surface area contributed by atoms with Crippen molar-refractivity contribution in [1.82, 2.24) is 0 Å². The first-order valence-electron chi connectivity index (χ1n) is 3.18. The van der Waals surface area contributed by atoms with Crippen LogP contribution in [0.25, 0.3) is 0 Å². The van der Waals surface area contributed by atoms with E-state index in [1.807, 2.05) is 0 Å². The number of hydrogen-bond acceptors (Lipinski definition) is 5. The lowest BCUT2D eigenvalue weighted by molar-refractivity contribution is 0.315. The maximum Gasteiger partial charge on any atom is 0.231 e. The van der Waals surface area contributed by atoms with Crippen LogP contribution in [0.2, 0.25) is 0 Å². The number of rotatable bonds is 2. The van der Waals surface area contributed by atoms with Crippen LogP contribution in [0, 0.1) is 40.0 Å². The van der Waals surface area contributed by atoms with E-state index in [9.17, 15) is 0 Å².